The summed E-state index contributed by atoms with van der Waals surface area (Å²) in [6.07, 6.45) is 1.39. The fourth-order valence-electron chi connectivity index (χ4n) is 2.22. The fraction of sp³-hybridized carbons (Fsp3) is 0.111. The van der Waals surface area contributed by atoms with Crippen LogP contribution in [0.1, 0.15) is 11.1 Å². The predicted molar refractivity (Wildman–Crippen MR) is 94.6 cm³/mol. The lowest BCUT2D eigenvalue weighted by Crippen LogP contribution is -2.08. The molecule has 0 amide bonds. The van der Waals surface area contributed by atoms with E-state index in [1.807, 2.05) is 31.2 Å². The Bertz CT molecular complexity index is 833. The Morgan fingerprint density at radius 2 is 1.71 bits per heavy atom. The zero-order chi connectivity index (χ0) is 16.9. The predicted octanol–water partition coefficient (Wildman–Crippen LogP) is 3.86. The second kappa shape index (κ2) is 6.95. The van der Waals surface area contributed by atoms with Gasteiger partial charge >= 0.3 is 0 Å². The molecule has 24 heavy (non-hydrogen) atoms. The molecule has 0 bridgehead atoms. The zero-order valence-corrected chi connectivity index (χ0v) is 13.3. The number of nitrogens with one attached hydrogen (secondary N) is 2. The normalized spacial score (nSPS) is 10.4. The molecular weight excluding hydrogens is 305 g/mol. The number of para-hydroxylation sites is 1. The van der Waals surface area contributed by atoms with Crippen molar-refractivity contribution in [1.82, 2.24) is 9.97 Å². The van der Waals surface area contributed by atoms with Gasteiger partial charge in [0.05, 0.1) is 5.69 Å². The first kappa shape index (κ1) is 15.7. The average Bonchev–Trinajstić information content (AvgIpc) is 2.59. The summed E-state index contributed by atoms with van der Waals surface area (Å²) in [6, 6.07) is 14.5. The van der Waals surface area contributed by atoms with E-state index in [9.17, 15) is 4.39 Å². The molecular formula is C18H18FN5. The van der Waals surface area contributed by atoms with Crippen molar-refractivity contribution in [3.8, 4) is 0 Å². The van der Waals surface area contributed by atoms with E-state index in [0.717, 1.165) is 5.56 Å². The van der Waals surface area contributed by atoms with Gasteiger partial charge in [-0.1, -0.05) is 42.0 Å². The Kier molecular flexibility index (Phi) is 4.56. The van der Waals surface area contributed by atoms with Crippen LogP contribution in [-0.2, 0) is 6.54 Å². The summed E-state index contributed by atoms with van der Waals surface area (Å²) in [5.41, 5.74) is 9.07. The van der Waals surface area contributed by atoms with Gasteiger partial charge in [-0.3, -0.25) is 0 Å². The van der Waals surface area contributed by atoms with Crippen LogP contribution in [0.25, 0.3) is 0 Å². The van der Waals surface area contributed by atoms with Crippen LogP contribution in [0.15, 0.2) is 54.9 Å². The molecule has 4 N–H and O–H groups in total. The molecule has 0 radical (unpaired) electrons. The molecule has 3 rings (SSSR count). The Morgan fingerprint density at radius 3 is 2.46 bits per heavy atom. The van der Waals surface area contributed by atoms with Crippen LogP contribution >= 0.6 is 0 Å². The Morgan fingerprint density at radius 1 is 1.00 bits per heavy atom. The standard InChI is InChI=1S/C18H18FN5/c1-12-6-8-13(9-7-12)10-21-17-16(20)18(23-11-22-17)24-15-5-3-2-4-14(15)19/h2-9,11H,10,20H2,1H3,(H2,21,22,23,24). The van der Waals surface area contributed by atoms with E-state index >= 15 is 0 Å². The van der Waals surface area contributed by atoms with Crippen LogP contribution in [0.3, 0.4) is 0 Å². The smallest absolute Gasteiger partial charge is 0.159 e. The van der Waals surface area contributed by atoms with Crippen LogP contribution in [-0.4, -0.2) is 9.97 Å². The van der Waals surface area contributed by atoms with Crippen molar-refractivity contribution >= 4 is 23.0 Å². The number of anilines is 4. The maximum absolute atomic E-state index is 13.7. The van der Waals surface area contributed by atoms with Gasteiger partial charge in [-0.2, -0.15) is 0 Å². The summed E-state index contributed by atoms with van der Waals surface area (Å²) in [7, 11) is 0. The zero-order valence-electron chi connectivity index (χ0n) is 13.3. The van der Waals surface area contributed by atoms with Gasteiger partial charge in [0, 0.05) is 6.54 Å². The van der Waals surface area contributed by atoms with Gasteiger partial charge in [0.1, 0.15) is 17.8 Å². The van der Waals surface area contributed by atoms with E-state index in [1.165, 1.54) is 18.0 Å². The number of hydrogen-bond acceptors (Lipinski definition) is 5. The molecule has 3 aromatic rings. The summed E-state index contributed by atoms with van der Waals surface area (Å²) in [5.74, 6) is 0.496. The highest BCUT2D eigenvalue weighted by Crippen LogP contribution is 2.27. The number of benzene rings is 2. The molecule has 1 aromatic heterocycles. The van der Waals surface area contributed by atoms with E-state index in [4.69, 9.17) is 5.73 Å². The first-order valence-corrected chi connectivity index (χ1v) is 7.55. The molecule has 0 aliphatic carbocycles. The Balaban J connectivity index is 1.75. The van der Waals surface area contributed by atoms with E-state index in [1.54, 1.807) is 18.2 Å². The van der Waals surface area contributed by atoms with Crippen molar-refractivity contribution < 1.29 is 4.39 Å². The maximum Gasteiger partial charge on any atom is 0.159 e. The number of nitrogens with zero attached hydrogens (tertiary/aromatic N) is 2. The second-order valence-corrected chi connectivity index (χ2v) is 5.43. The largest absolute Gasteiger partial charge is 0.393 e. The minimum atomic E-state index is -0.371. The first-order chi connectivity index (χ1) is 11.6. The molecule has 0 saturated heterocycles. The third-order valence-corrected chi connectivity index (χ3v) is 3.59. The molecule has 6 heteroatoms. The van der Waals surface area contributed by atoms with Gasteiger partial charge in [-0.25, -0.2) is 14.4 Å². The van der Waals surface area contributed by atoms with Gasteiger partial charge in [-0.05, 0) is 24.6 Å². The van der Waals surface area contributed by atoms with Gasteiger partial charge in [0.2, 0.25) is 0 Å². The van der Waals surface area contributed by atoms with Crippen LogP contribution < -0.4 is 16.4 Å². The second-order valence-electron chi connectivity index (χ2n) is 5.43. The van der Waals surface area contributed by atoms with Gasteiger partial charge < -0.3 is 16.4 Å². The molecule has 0 unspecified atom stereocenters. The van der Waals surface area contributed by atoms with Crippen LogP contribution in [0, 0.1) is 12.7 Å². The van der Waals surface area contributed by atoms with E-state index in [2.05, 4.69) is 20.6 Å². The monoisotopic (exact) mass is 323 g/mol. The maximum atomic E-state index is 13.7. The van der Waals surface area contributed by atoms with Gasteiger partial charge in [0.15, 0.2) is 11.6 Å². The molecule has 0 saturated carbocycles. The highest BCUT2D eigenvalue weighted by Gasteiger charge is 2.10. The quantitative estimate of drug-likeness (QED) is 0.664. The number of aryl methyl sites for hydroxylation is 1. The third-order valence-electron chi connectivity index (χ3n) is 3.59. The molecule has 0 aliphatic rings. The van der Waals surface area contributed by atoms with Crippen LogP contribution in [0.5, 0.6) is 0 Å². The van der Waals surface area contributed by atoms with E-state index < -0.39 is 0 Å². The summed E-state index contributed by atoms with van der Waals surface area (Å²) in [6.45, 7) is 2.63. The topological polar surface area (TPSA) is 75.9 Å². The van der Waals surface area contributed by atoms with Crippen molar-refractivity contribution in [2.24, 2.45) is 0 Å². The molecule has 122 valence electrons. The van der Waals surface area contributed by atoms with Crippen molar-refractivity contribution in [2.45, 2.75) is 13.5 Å². The lowest BCUT2D eigenvalue weighted by Gasteiger charge is -2.13. The molecule has 0 aliphatic heterocycles. The first-order valence-electron chi connectivity index (χ1n) is 7.55. The number of rotatable bonds is 5. The van der Waals surface area contributed by atoms with E-state index in [-0.39, 0.29) is 5.82 Å². The number of halogens is 1. The number of nitrogens with two attached hydrogens (primary N) is 1. The molecule has 2 aromatic carbocycles. The average molecular weight is 323 g/mol. The molecule has 0 spiro atoms. The minimum absolute atomic E-state index is 0.312. The van der Waals surface area contributed by atoms with Crippen LogP contribution in [0.2, 0.25) is 0 Å². The summed E-state index contributed by atoms with van der Waals surface area (Å²) in [4.78, 5) is 8.24. The number of aromatic nitrogens is 2. The Labute approximate surface area is 139 Å². The molecule has 0 fully saturated rings. The van der Waals surface area contributed by atoms with Crippen molar-refractivity contribution in [3.05, 3.63) is 71.8 Å². The summed E-state index contributed by atoms with van der Waals surface area (Å²) in [5, 5.41) is 6.08. The van der Waals surface area contributed by atoms with Gasteiger partial charge in [-0.15, -0.1) is 0 Å². The Hall–Kier alpha value is -3.15. The van der Waals surface area contributed by atoms with Crippen molar-refractivity contribution in [2.75, 3.05) is 16.4 Å². The van der Waals surface area contributed by atoms with Crippen molar-refractivity contribution in [1.29, 1.82) is 0 Å². The molecule has 1 heterocycles. The molecule has 5 nitrogen and oxygen atoms in total. The van der Waals surface area contributed by atoms with Crippen molar-refractivity contribution in [3.63, 3.8) is 0 Å². The third kappa shape index (κ3) is 3.60. The van der Waals surface area contributed by atoms with Gasteiger partial charge in [0.25, 0.3) is 0 Å². The SMILES string of the molecule is Cc1ccc(CNc2ncnc(Nc3ccccc3F)c2N)cc1. The summed E-state index contributed by atoms with van der Waals surface area (Å²) < 4.78 is 13.7. The fourth-order valence-corrected chi connectivity index (χ4v) is 2.22. The number of nitrogen functional groups attached to an aromatic ring is 1. The number of hydrogen-bond donors (Lipinski definition) is 3. The van der Waals surface area contributed by atoms with Crippen LogP contribution in [0.4, 0.5) is 27.4 Å². The highest BCUT2D eigenvalue weighted by atomic mass is 19.1. The summed E-state index contributed by atoms with van der Waals surface area (Å²) >= 11 is 0. The van der Waals surface area contributed by atoms with E-state index in [0.29, 0.717) is 29.6 Å². The lowest BCUT2D eigenvalue weighted by molar-refractivity contribution is 0.632. The lowest BCUT2D eigenvalue weighted by atomic mass is 10.1. The molecule has 0 atom stereocenters. The highest BCUT2D eigenvalue weighted by molar-refractivity contribution is 5.77. The minimum Gasteiger partial charge on any atom is -0.393 e.